The number of aliphatic hydroxyl groups is 1. The largest absolute Gasteiger partial charge is 0.394 e. The van der Waals surface area contributed by atoms with Gasteiger partial charge in [-0.1, -0.05) is 18.2 Å². The van der Waals surface area contributed by atoms with Crippen molar-refractivity contribution in [2.24, 2.45) is 0 Å². The Hall–Kier alpha value is -0.770. The average Bonchev–Trinajstić information content (AvgIpc) is 2.07. The average molecular weight is 190 g/mol. The molecule has 0 saturated carbocycles. The Morgan fingerprint density at radius 1 is 1.17 bits per heavy atom. The Kier molecular flexibility index (Phi) is 5.45. The number of hydrogen-bond acceptors (Lipinski definition) is 3. The molecular weight excluding hydrogens is 178 g/mol. The van der Waals surface area contributed by atoms with Gasteiger partial charge in [0.05, 0.1) is 18.8 Å². The fraction of sp³-hybridized carbons (Fsp3) is 0.250. The van der Waals surface area contributed by atoms with Crippen LogP contribution in [0, 0.1) is 0 Å². The minimum Gasteiger partial charge on any atom is -0.394 e. The Morgan fingerprint density at radius 3 is 2.25 bits per heavy atom. The quantitative estimate of drug-likeness (QED) is 0.705. The van der Waals surface area contributed by atoms with Crippen LogP contribution in [0.15, 0.2) is 30.3 Å². The van der Waals surface area contributed by atoms with Crippen molar-refractivity contribution in [3.63, 3.8) is 0 Å². The molecule has 0 fully saturated rings. The van der Waals surface area contributed by atoms with E-state index in [1.54, 1.807) is 12.1 Å². The molecule has 1 rings (SSSR count). The molecule has 0 aliphatic carbocycles. The first-order chi connectivity index (χ1) is 5.34. The predicted molar refractivity (Wildman–Crippen MR) is 49.9 cm³/mol. The zero-order valence-electron chi connectivity index (χ0n) is 6.55. The third-order valence-electron chi connectivity index (χ3n) is 1.37. The molecular formula is C8H12ClNO2. The molecule has 4 heteroatoms. The molecule has 2 N–H and O–H groups in total. The minimum atomic E-state index is -0.0502. The molecule has 0 saturated heterocycles. The van der Waals surface area contributed by atoms with Crippen LogP contribution in [0.1, 0.15) is 0 Å². The van der Waals surface area contributed by atoms with Gasteiger partial charge in [-0.2, -0.15) is 0 Å². The van der Waals surface area contributed by atoms with Gasteiger partial charge >= 0.3 is 0 Å². The van der Waals surface area contributed by atoms with Gasteiger partial charge in [0, 0.05) is 0 Å². The number of anilines is 1. The molecule has 0 atom stereocenters. The molecule has 0 aromatic heterocycles. The fourth-order valence-corrected chi connectivity index (χ4v) is 0.824. The number of benzene rings is 1. The van der Waals surface area contributed by atoms with E-state index >= 15 is 0 Å². The molecule has 68 valence electrons. The lowest BCUT2D eigenvalue weighted by atomic mass is 10.3. The summed E-state index contributed by atoms with van der Waals surface area (Å²) < 4.78 is 0. The second-order valence-corrected chi connectivity index (χ2v) is 2.18. The van der Waals surface area contributed by atoms with Crippen LogP contribution in [-0.2, 0) is 0 Å². The molecule has 3 nitrogen and oxygen atoms in total. The summed E-state index contributed by atoms with van der Waals surface area (Å²) >= 11 is 0. The Balaban J connectivity index is 0.00000121. The second-order valence-electron chi connectivity index (χ2n) is 2.18. The van der Waals surface area contributed by atoms with Crippen molar-refractivity contribution < 1.29 is 10.3 Å². The molecule has 0 radical (unpaired) electrons. The van der Waals surface area contributed by atoms with E-state index in [0.29, 0.717) is 5.69 Å². The van der Waals surface area contributed by atoms with E-state index < -0.39 is 0 Å². The Labute approximate surface area is 77.6 Å². The highest BCUT2D eigenvalue weighted by Gasteiger charge is 1.98. The van der Waals surface area contributed by atoms with Gasteiger partial charge in [0.15, 0.2) is 0 Å². The highest BCUT2D eigenvalue weighted by molar-refractivity contribution is 5.85. The van der Waals surface area contributed by atoms with Crippen LogP contribution in [0.2, 0.25) is 0 Å². The van der Waals surface area contributed by atoms with Crippen molar-refractivity contribution in [3.05, 3.63) is 30.3 Å². The highest BCUT2D eigenvalue weighted by atomic mass is 35.5. The summed E-state index contributed by atoms with van der Waals surface area (Å²) in [5.41, 5.74) is 0.696. The molecule has 0 bridgehead atoms. The van der Waals surface area contributed by atoms with Crippen LogP contribution in [0.4, 0.5) is 5.69 Å². The standard InChI is InChI=1S/C8H11NO2.ClH/c10-7-6-9(11)8-4-2-1-3-5-8;/h1-5,10-11H,6-7H2;1H. The van der Waals surface area contributed by atoms with E-state index in [1.165, 1.54) is 0 Å². The number of rotatable bonds is 3. The van der Waals surface area contributed by atoms with Gasteiger partial charge in [-0.25, -0.2) is 0 Å². The van der Waals surface area contributed by atoms with E-state index in [4.69, 9.17) is 5.11 Å². The smallest absolute Gasteiger partial charge is 0.0685 e. The van der Waals surface area contributed by atoms with Crippen LogP contribution in [0.3, 0.4) is 0 Å². The molecule has 1 aromatic rings. The molecule has 12 heavy (non-hydrogen) atoms. The van der Waals surface area contributed by atoms with Gasteiger partial charge < -0.3 is 5.11 Å². The number of nitrogens with zero attached hydrogens (tertiary/aromatic N) is 1. The van der Waals surface area contributed by atoms with E-state index in [-0.39, 0.29) is 25.6 Å². The monoisotopic (exact) mass is 189 g/mol. The highest BCUT2D eigenvalue weighted by Crippen LogP contribution is 2.09. The van der Waals surface area contributed by atoms with Crippen molar-refractivity contribution in [1.29, 1.82) is 0 Å². The number of aliphatic hydroxyl groups excluding tert-OH is 1. The summed E-state index contributed by atoms with van der Waals surface area (Å²) in [5.74, 6) is 0. The molecule has 0 spiro atoms. The SMILES string of the molecule is Cl.OCCN(O)c1ccccc1. The van der Waals surface area contributed by atoms with Crippen LogP contribution in [-0.4, -0.2) is 23.5 Å². The van der Waals surface area contributed by atoms with E-state index in [9.17, 15) is 5.21 Å². The Morgan fingerprint density at radius 2 is 1.75 bits per heavy atom. The lowest BCUT2D eigenvalue weighted by Crippen LogP contribution is -2.21. The third-order valence-corrected chi connectivity index (χ3v) is 1.37. The molecule has 1 aromatic carbocycles. The second kappa shape index (κ2) is 5.83. The first-order valence-electron chi connectivity index (χ1n) is 3.47. The summed E-state index contributed by atoms with van der Waals surface area (Å²) in [7, 11) is 0. The van der Waals surface area contributed by atoms with Crippen LogP contribution < -0.4 is 5.06 Å². The van der Waals surface area contributed by atoms with E-state index in [2.05, 4.69) is 0 Å². The van der Waals surface area contributed by atoms with Gasteiger partial charge in [-0.3, -0.25) is 10.3 Å². The Bertz CT molecular complexity index is 205. The summed E-state index contributed by atoms with van der Waals surface area (Å²) in [6.07, 6.45) is 0. The van der Waals surface area contributed by atoms with E-state index in [1.807, 2.05) is 18.2 Å². The van der Waals surface area contributed by atoms with Crippen LogP contribution in [0.5, 0.6) is 0 Å². The lowest BCUT2D eigenvalue weighted by Gasteiger charge is -2.14. The zero-order chi connectivity index (χ0) is 8.10. The maximum Gasteiger partial charge on any atom is 0.0685 e. The molecule has 0 unspecified atom stereocenters. The number of hydrogen-bond donors (Lipinski definition) is 2. The molecule has 0 aliphatic rings. The van der Waals surface area contributed by atoms with Crippen LogP contribution >= 0.6 is 12.4 Å². The number of halogens is 1. The normalized spacial score (nSPS) is 8.83. The van der Waals surface area contributed by atoms with Gasteiger partial charge in [0.2, 0.25) is 0 Å². The minimum absolute atomic E-state index is 0. The topological polar surface area (TPSA) is 43.7 Å². The fourth-order valence-electron chi connectivity index (χ4n) is 0.824. The summed E-state index contributed by atoms with van der Waals surface area (Å²) in [6, 6.07) is 9.08. The maximum atomic E-state index is 9.19. The van der Waals surface area contributed by atoms with Crippen molar-refractivity contribution in [2.75, 3.05) is 18.2 Å². The van der Waals surface area contributed by atoms with Crippen molar-refractivity contribution in [3.8, 4) is 0 Å². The van der Waals surface area contributed by atoms with Crippen molar-refractivity contribution in [2.45, 2.75) is 0 Å². The first-order valence-corrected chi connectivity index (χ1v) is 3.47. The summed E-state index contributed by atoms with van der Waals surface area (Å²) in [5, 5.41) is 18.7. The van der Waals surface area contributed by atoms with Gasteiger partial charge in [-0.15, -0.1) is 12.4 Å². The van der Waals surface area contributed by atoms with Crippen LogP contribution in [0.25, 0.3) is 0 Å². The van der Waals surface area contributed by atoms with Gasteiger partial charge in [0.1, 0.15) is 0 Å². The molecule has 0 aliphatic heterocycles. The maximum absolute atomic E-state index is 9.19. The van der Waals surface area contributed by atoms with Gasteiger partial charge in [0.25, 0.3) is 0 Å². The van der Waals surface area contributed by atoms with Gasteiger partial charge in [-0.05, 0) is 12.1 Å². The molecule has 0 heterocycles. The third kappa shape index (κ3) is 3.09. The molecule has 0 amide bonds. The lowest BCUT2D eigenvalue weighted by molar-refractivity contribution is 0.210. The zero-order valence-corrected chi connectivity index (χ0v) is 7.37. The summed E-state index contributed by atoms with van der Waals surface area (Å²) in [6.45, 7) is 0.190. The van der Waals surface area contributed by atoms with Crippen molar-refractivity contribution >= 4 is 18.1 Å². The first kappa shape index (κ1) is 11.2. The van der Waals surface area contributed by atoms with Crippen molar-refractivity contribution in [1.82, 2.24) is 0 Å². The van der Waals surface area contributed by atoms with E-state index in [0.717, 1.165) is 5.06 Å². The predicted octanol–water partition coefficient (Wildman–Crippen LogP) is 1.30. The summed E-state index contributed by atoms with van der Waals surface area (Å²) in [4.78, 5) is 0. The number of para-hydroxylation sites is 1. The number of hydroxylamine groups is 1.